The van der Waals surface area contributed by atoms with Crippen molar-refractivity contribution in [3.63, 3.8) is 0 Å². The highest BCUT2D eigenvalue weighted by Crippen LogP contribution is 2.42. The summed E-state index contributed by atoms with van der Waals surface area (Å²) in [5, 5.41) is 1.59. The molecule has 0 unspecified atom stereocenters. The molecule has 3 aromatic carbocycles. The van der Waals surface area contributed by atoms with Gasteiger partial charge < -0.3 is 0 Å². The number of carbonyl (C=O) groups excluding carboxylic acids is 1. The Morgan fingerprint density at radius 3 is 2.58 bits per heavy atom. The molecule has 1 aliphatic rings. The van der Waals surface area contributed by atoms with Crippen LogP contribution in [0.5, 0.6) is 0 Å². The molecule has 1 aliphatic carbocycles. The topological polar surface area (TPSA) is 30.0 Å². The Labute approximate surface area is 145 Å². The van der Waals surface area contributed by atoms with Gasteiger partial charge in [0.05, 0.1) is 11.2 Å². The summed E-state index contributed by atoms with van der Waals surface area (Å²) in [6.07, 6.45) is 1.62. The van der Waals surface area contributed by atoms with E-state index in [2.05, 4.69) is 4.98 Å². The van der Waals surface area contributed by atoms with Crippen LogP contribution < -0.4 is 0 Å². The first kappa shape index (κ1) is 9.78. The van der Waals surface area contributed by atoms with Crippen molar-refractivity contribution >= 4 is 16.6 Å². The summed E-state index contributed by atoms with van der Waals surface area (Å²) in [5.74, 6) is -0.00695. The molecular formula is C22H13NO. The fraction of sp³-hybridized carbons (Fsp3) is 0. The van der Waals surface area contributed by atoms with Crippen molar-refractivity contribution in [3.8, 4) is 22.4 Å². The van der Waals surface area contributed by atoms with Crippen molar-refractivity contribution in [2.75, 3.05) is 0 Å². The minimum Gasteiger partial charge on any atom is -0.289 e. The highest BCUT2D eigenvalue weighted by Gasteiger charge is 2.28. The van der Waals surface area contributed by atoms with Crippen molar-refractivity contribution in [2.45, 2.75) is 0 Å². The molecule has 0 saturated carbocycles. The van der Waals surface area contributed by atoms with Crippen LogP contribution in [0.4, 0.5) is 0 Å². The van der Waals surface area contributed by atoms with E-state index in [0.29, 0.717) is 22.4 Å². The molecule has 24 heavy (non-hydrogen) atoms. The van der Waals surface area contributed by atoms with Gasteiger partial charge in [0, 0.05) is 33.8 Å². The van der Waals surface area contributed by atoms with Crippen LogP contribution in [0.3, 0.4) is 0 Å². The van der Waals surface area contributed by atoms with Gasteiger partial charge in [0.25, 0.3) is 0 Å². The van der Waals surface area contributed by atoms with Crippen molar-refractivity contribution < 1.29 is 10.3 Å². The van der Waals surface area contributed by atoms with Gasteiger partial charge in [-0.1, -0.05) is 60.6 Å². The lowest BCUT2D eigenvalue weighted by Crippen LogP contribution is -1.95. The van der Waals surface area contributed by atoms with Gasteiger partial charge in [0.1, 0.15) is 0 Å². The zero-order valence-corrected chi connectivity index (χ0v) is 12.6. The molecule has 1 heterocycles. The van der Waals surface area contributed by atoms with Crippen LogP contribution in [0.15, 0.2) is 78.9 Å². The summed E-state index contributed by atoms with van der Waals surface area (Å²) in [7, 11) is 0. The minimum atomic E-state index is -0.289. The van der Waals surface area contributed by atoms with E-state index in [1.54, 1.807) is 12.3 Å². The van der Waals surface area contributed by atoms with Gasteiger partial charge in [0.2, 0.25) is 0 Å². The molecule has 0 amide bonds. The van der Waals surface area contributed by atoms with Crippen molar-refractivity contribution in [1.29, 1.82) is 0 Å². The summed E-state index contributed by atoms with van der Waals surface area (Å²) in [5.41, 5.74) is 3.85. The Hall–Kier alpha value is -3.26. The Kier molecular flexibility index (Phi) is 1.98. The van der Waals surface area contributed by atoms with Crippen molar-refractivity contribution in [3.05, 3.63) is 90.0 Å². The number of pyridine rings is 1. The number of aromatic nitrogens is 1. The molecule has 2 nitrogen and oxygen atoms in total. The first-order valence-electron chi connectivity index (χ1n) is 9.62. The average Bonchev–Trinajstić information content (AvgIpc) is 3.02. The maximum atomic E-state index is 12.8. The van der Waals surface area contributed by atoms with Crippen LogP contribution in [0.2, 0.25) is 0 Å². The quantitative estimate of drug-likeness (QED) is 0.430. The fourth-order valence-electron chi connectivity index (χ4n) is 3.40. The second-order valence-electron chi connectivity index (χ2n) is 5.69. The van der Waals surface area contributed by atoms with Gasteiger partial charge in [-0.3, -0.25) is 9.78 Å². The molecule has 0 bridgehead atoms. The van der Waals surface area contributed by atoms with Gasteiger partial charge in [-0.25, -0.2) is 0 Å². The lowest BCUT2D eigenvalue weighted by atomic mass is 9.96. The van der Waals surface area contributed by atoms with Gasteiger partial charge >= 0.3 is 0 Å². The highest BCUT2D eigenvalue weighted by atomic mass is 16.1. The monoisotopic (exact) mass is 311 g/mol. The molecule has 0 fully saturated rings. The van der Waals surface area contributed by atoms with Gasteiger partial charge in [-0.15, -0.1) is 0 Å². The molecule has 112 valence electrons. The molecule has 2 heteroatoms. The normalized spacial score (nSPS) is 14.6. The molecule has 1 aromatic heterocycles. The molecule has 0 atom stereocenters. The molecule has 0 aliphatic heterocycles. The van der Waals surface area contributed by atoms with E-state index in [-0.39, 0.29) is 30.0 Å². The maximum Gasteiger partial charge on any atom is 0.194 e. The molecule has 0 saturated heterocycles. The molecule has 5 rings (SSSR count). The fourth-order valence-corrected chi connectivity index (χ4v) is 3.40. The number of nitrogens with zero attached hydrogens (tertiary/aromatic N) is 1. The second-order valence-corrected chi connectivity index (χ2v) is 5.69. The summed E-state index contributed by atoms with van der Waals surface area (Å²) in [6.45, 7) is 0. The number of hydrogen-bond donors (Lipinski definition) is 0. The van der Waals surface area contributed by atoms with E-state index in [1.807, 2.05) is 36.4 Å². The Balaban J connectivity index is 1.87. The first-order chi connectivity index (χ1) is 13.5. The highest BCUT2D eigenvalue weighted by molar-refractivity contribution is 6.26. The summed E-state index contributed by atoms with van der Waals surface area (Å²) >= 11 is 0. The van der Waals surface area contributed by atoms with E-state index in [0.717, 1.165) is 21.9 Å². The lowest BCUT2D eigenvalue weighted by molar-refractivity contribution is 0.104. The lowest BCUT2D eigenvalue weighted by Gasteiger charge is -2.10. The predicted octanol–water partition coefficient (Wildman–Crippen LogP) is 5.11. The van der Waals surface area contributed by atoms with Crippen LogP contribution in [0, 0.1) is 0 Å². The Bertz CT molecular complexity index is 1330. The van der Waals surface area contributed by atoms with Crippen LogP contribution in [-0.4, -0.2) is 10.8 Å². The van der Waals surface area contributed by atoms with Crippen LogP contribution >= 0.6 is 0 Å². The van der Waals surface area contributed by atoms with E-state index >= 15 is 0 Å². The van der Waals surface area contributed by atoms with E-state index in [1.165, 1.54) is 6.07 Å². The SMILES string of the molecule is [2H]c1cc(-c2nccc3c4c(ccc23)C(=O)c2ccccc2-4)c([2H])c([2H])c1[2H]. The number of rotatable bonds is 1. The maximum absolute atomic E-state index is 12.8. The van der Waals surface area contributed by atoms with E-state index < -0.39 is 0 Å². The van der Waals surface area contributed by atoms with Gasteiger partial charge in [-0.05, 0) is 23.1 Å². The average molecular weight is 311 g/mol. The molecule has 0 radical (unpaired) electrons. The summed E-state index contributed by atoms with van der Waals surface area (Å²) in [4.78, 5) is 17.2. The Morgan fingerprint density at radius 2 is 1.67 bits per heavy atom. The molecule has 0 N–H and O–H groups in total. The summed E-state index contributed by atoms with van der Waals surface area (Å²) < 4.78 is 31.9. The molecular weight excluding hydrogens is 294 g/mol. The van der Waals surface area contributed by atoms with Gasteiger partial charge in [0.15, 0.2) is 5.78 Å². The number of benzene rings is 3. The zero-order valence-electron chi connectivity index (χ0n) is 16.6. The smallest absolute Gasteiger partial charge is 0.194 e. The van der Waals surface area contributed by atoms with Crippen molar-refractivity contribution in [2.24, 2.45) is 0 Å². The third-order valence-electron chi connectivity index (χ3n) is 4.43. The van der Waals surface area contributed by atoms with Crippen LogP contribution in [0.1, 0.15) is 21.4 Å². The van der Waals surface area contributed by atoms with Gasteiger partial charge in [-0.2, -0.15) is 0 Å². The summed E-state index contributed by atoms with van der Waals surface area (Å²) in [6, 6.07) is 13.5. The third-order valence-corrected chi connectivity index (χ3v) is 4.43. The van der Waals surface area contributed by atoms with E-state index in [9.17, 15) is 4.79 Å². The molecule has 0 spiro atoms. The number of fused-ring (bicyclic) bond motifs is 5. The number of hydrogen-bond acceptors (Lipinski definition) is 2. The van der Waals surface area contributed by atoms with Crippen LogP contribution in [0.25, 0.3) is 33.2 Å². The third kappa shape index (κ3) is 1.71. The molecule has 4 aromatic rings. The standard InChI is InChI=1S/C22H13NO/c24-22-18-9-5-4-8-15(18)20-16-12-13-23-21(14-6-2-1-3-7-14)17(16)10-11-19(20)22/h1-13H/i1D,2D,3D,6D. The predicted molar refractivity (Wildman–Crippen MR) is 96.0 cm³/mol. The van der Waals surface area contributed by atoms with E-state index in [4.69, 9.17) is 5.48 Å². The number of carbonyl (C=O) groups is 1. The zero-order chi connectivity index (χ0) is 19.6. The minimum absolute atomic E-state index is 0.00695. The number of ketones is 1. The first-order valence-corrected chi connectivity index (χ1v) is 7.62. The van der Waals surface area contributed by atoms with Crippen molar-refractivity contribution in [1.82, 2.24) is 4.98 Å². The second kappa shape index (κ2) is 4.87. The Morgan fingerprint density at radius 1 is 0.792 bits per heavy atom. The van der Waals surface area contributed by atoms with Crippen LogP contribution in [-0.2, 0) is 0 Å². The largest absolute Gasteiger partial charge is 0.289 e.